The van der Waals surface area contributed by atoms with Gasteiger partial charge in [-0.15, -0.1) is 0 Å². The molecule has 1 fully saturated rings. The Balaban J connectivity index is 1.92. The quantitative estimate of drug-likeness (QED) is 0.900. The fourth-order valence-electron chi connectivity index (χ4n) is 1.92. The summed E-state index contributed by atoms with van der Waals surface area (Å²) in [5, 5.41) is 3.93. The van der Waals surface area contributed by atoms with E-state index in [1.807, 2.05) is 18.2 Å². The molecule has 1 saturated carbocycles. The first-order valence-electron chi connectivity index (χ1n) is 6.31. The molecule has 0 unspecified atom stereocenters. The second-order valence-electron chi connectivity index (χ2n) is 4.72. The Hall–Kier alpha value is -1.65. The average Bonchev–Trinajstić information content (AvgIpc) is 3.20. The highest BCUT2D eigenvalue weighted by Gasteiger charge is 2.20. The van der Waals surface area contributed by atoms with Crippen LogP contribution < -0.4 is 10.9 Å². The van der Waals surface area contributed by atoms with E-state index in [9.17, 15) is 4.79 Å². The van der Waals surface area contributed by atoms with E-state index < -0.39 is 0 Å². The summed E-state index contributed by atoms with van der Waals surface area (Å²) in [6.45, 7) is 0.617. The molecule has 98 valence electrons. The predicted molar refractivity (Wildman–Crippen MR) is 75.2 cm³/mol. The van der Waals surface area contributed by atoms with Gasteiger partial charge in [0.15, 0.2) is 0 Å². The lowest BCUT2D eigenvalue weighted by Gasteiger charge is -2.06. The zero-order valence-electron chi connectivity index (χ0n) is 10.3. The van der Waals surface area contributed by atoms with Crippen LogP contribution in [0.4, 0.5) is 0 Å². The van der Waals surface area contributed by atoms with Gasteiger partial charge in [-0.25, -0.2) is 4.98 Å². The van der Waals surface area contributed by atoms with Crippen molar-refractivity contribution in [1.29, 1.82) is 0 Å². The minimum Gasteiger partial charge on any atom is -0.308 e. The highest BCUT2D eigenvalue weighted by molar-refractivity contribution is 6.33. The van der Waals surface area contributed by atoms with Gasteiger partial charge in [0, 0.05) is 24.2 Å². The molecule has 3 rings (SSSR count). The van der Waals surface area contributed by atoms with Gasteiger partial charge >= 0.3 is 0 Å². The summed E-state index contributed by atoms with van der Waals surface area (Å²) in [5.74, 6) is 0.519. The van der Waals surface area contributed by atoms with E-state index in [-0.39, 0.29) is 5.56 Å². The highest BCUT2D eigenvalue weighted by atomic mass is 35.5. The number of halogens is 1. The summed E-state index contributed by atoms with van der Waals surface area (Å²) >= 11 is 6.12. The second-order valence-corrected chi connectivity index (χ2v) is 5.13. The molecule has 0 spiro atoms. The van der Waals surface area contributed by atoms with Crippen molar-refractivity contribution in [2.45, 2.75) is 25.4 Å². The zero-order valence-corrected chi connectivity index (χ0v) is 11.1. The van der Waals surface area contributed by atoms with Crippen LogP contribution in [0.5, 0.6) is 0 Å². The summed E-state index contributed by atoms with van der Waals surface area (Å²) in [7, 11) is 0. The molecular weight excluding hydrogens is 262 g/mol. The summed E-state index contributed by atoms with van der Waals surface area (Å²) in [5.41, 5.74) is 1.33. The SMILES string of the molecule is O=c1cc(CNC2CC2)nc(-c2ccccc2Cl)[nH]1. The van der Waals surface area contributed by atoms with Crippen LogP contribution in [0.2, 0.25) is 5.02 Å². The molecule has 0 saturated heterocycles. The Labute approximate surface area is 115 Å². The van der Waals surface area contributed by atoms with Crippen LogP contribution >= 0.6 is 11.6 Å². The van der Waals surface area contributed by atoms with Gasteiger partial charge in [0.2, 0.25) is 0 Å². The lowest BCUT2D eigenvalue weighted by Crippen LogP contribution is -2.19. The fraction of sp³-hybridized carbons (Fsp3) is 0.286. The average molecular weight is 276 g/mol. The van der Waals surface area contributed by atoms with Crippen molar-refractivity contribution in [1.82, 2.24) is 15.3 Å². The van der Waals surface area contributed by atoms with Gasteiger partial charge in [-0.3, -0.25) is 4.79 Å². The first kappa shape index (κ1) is 12.4. The van der Waals surface area contributed by atoms with Crippen LogP contribution in [-0.2, 0) is 6.54 Å². The van der Waals surface area contributed by atoms with E-state index >= 15 is 0 Å². The van der Waals surface area contributed by atoms with Crippen LogP contribution in [0.25, 0.3) is 11.4 Å². The third-order valence-corrected chi connectivity index (χ3v) is 3.40. The molecule has 0 radical (unpaired) electrons. The monoisotopic (exact) mass is 275 g/mol. The number of nitrogens with one attached hydrogen (secondary N) is 2. The van der Waals surface area contributed by atoms with Gasteiger partial charge in [0.25, 0.3) is 5.56 Å². The maximum absolute atomic E-state index is 11.7. The molecule has 1 aromatic heterocycles. The maximum Gasteiger partial charge on any atom is 0.251 e. The summed E-state index contributed by atoms with van der Waals surface area (Å²) < 4.78 is 0. The second kappa shape index (κ2) is 5.15. The standard InChI is InChI=1S/C14H14ClN3O/c15-12-4-2-1-3-11(12)14-17-10(7-13(19)18-14)8-16-9-5-6-9/h1-4,7,9,16H,5-6,8H2,(H,17,18,19). The molecule has 2 aromatic rings. The van der Waals surface area contributed by atoms with Crippen molar-refractivity contribution >= 4 is 11.6 Å². The molecule has 1 aliphatic carbocycles. The normalized spacial score (nSPS) is 14.6. The molecule has 1 heterocycles. The molecule has 2 N–H and O–H groups in total. The van der Waals surface area contributed by atoms with Crippen LogP contribution in [0.1, 0.15) is 18.5 Å². The largest absolute Gasteiger partial charge is 0.308 e. The van der Waals surface area contributed by atoms with Crippen LogP contribution in [0.3, 0.4) is 0 Å². The Morgan fingerprint density at radius 2 is 2.16 bits per heavy atom. The van der Waals surface area contributed by atoms with Crippen molar-refractivity contribution in [2.24, 2.45) is 0 Å². The lowest BCUT2D eigenvalue weighted by molar-refractivity contribution is 0.672. The first-order chi connectivity index (χ1) is 9.22. The third kappa shape index (κ3) is 3.03. The van der Waals surface area contributed by atoms with Crippen molar-refractivity contribution < 1.29 is 0 Å². The number of hydrogen-bond acceptors (Lipinski definition) is 3. The number of aromatic amines is 1. The van der Waals surface area contributed by atoms with Crippen molar-refractivity contribution in [2.75, 3.05) is 0 Å². The highest BCUT2D eigenvalue weighted by Crippen LogP contribution is 2.24. The molecule has 0 bridgehead atoms. The van der Waals surface area contributed by atoms with Gasteiger partial charge < -0.3 is 10.3 Å². The van der Waals surface area contributed by atoms with E-state index in [1.54, 1.807) is 6.07 Å². The van der Waals surface area contributed by atoms with Gasteiger partial charge in [-0.1, -0.05) is 23.7 Å². The molecule has 1 aliphatic rings. The van der Waals surface area contributed by atoms with Crippen molar-refractivity contribution in [3.8, 4) is 11.4 Å². The van der Waals surface area contributed by atoms with E-state index in [1.165, 1.54) is 18.9 Å². The molecule has 5 heteroatoms. The third-order valence-electron chi connectivity index (χ3n) is 3.07. The number of hydrogen-bond donors (Lipinski definition) is 2. The molecule has 4 nitrogen and oxygen atoms in total. The van der Waals surface area contributed by atoms with Crippen molar-refractivity contribution in [3.05, 3.63) is 51.4 Å². The minimum absolute atomic E-state index is 0.155. The molecule has 0 amide bonds. The Bertz CT molecular complexity index is 649. The number of rotatable bonds is 4. The fourth-order valence-corrected chi connectivity index (χ4v) is 2.14. The zero-order chi connectivity index (χ0) is 13.2. The van der Waals surface area contributed by atoms with Gasteiger partial charge in [-0.05, 0) is 25.0 Å². The van der Waals surface area contributed by atoms with Gasteiger partial charge in [0.05, 0.1) is 10.7 Å². The van der Waals surface area contributed by atoms with E-state index in [0.29, 0.717) is 23.4 Å². The van der Waals surface area contributed by atoms with E-state index in [4.69, 9.17) is 11.6 Å². The number of nitrogens with zero attached hydrogens (tertiary/aromatic N) is 1. The molecule has 19 heavy (non-hydrogen) atoms. The molecule has 0 aliphatic heterocycles. The van der Waals surface area contributed by atoms with Crippen LogP contribution in [0, 0.1) is 0 Å². The van der Waals surface area contributed by atoms with Gasteiger partial charge in [0.1, 0.15) is 5.82 Å². The topological polar surface area (TPSA) is 57.8 Å². The maximum atomic E-state index is 11.7. The molecule has 0 atom stereocenters. The Kier molecular flexibility index (Phi) is 3.36. The van der Waals surface area contributed by atoms with Crippen LogP contribution in [0.15, 0.2) is 35.1 Å². The number of benzene rings is 1. The first-order valence-corrected chi connectivity index (χ1v) is 6.69. The Morgan fingerprint density at radius 3 is 2.89 bits per heavy atom. The van der Waals surface area contributed by atoms with Gasteiger partial charge in [-0.2, -0.15) is 0 Å². The van der Waals surface area contributed by atoms with E-state index in [0.717, 1.165) is 11.3 Å². The summed E-state index contributed by atoms with van der Waals surface area (Å²) in [6.07, 6.45) is 2.42. The van der Waals surface area contributed by atoms with Crippen LogP contribution in [-0.4, -0.2) is 16.0 Å². The summed E-state index contributed by atoms with van der Waals surface area (Å²) in [4.78, 5) is 18.9. The van der Waals surface area contributed by atoms with Crippen molar-refractivity contribution in [3.63, 3.8) is 0 Å². The smallest absolute Gasteiger partial charge is 0.251 e. The Morgan fingerprint density at radius 1 is 1.37 bits per heavy atom. The predicted octanol–water partition coefficient (Wildman–Crippen LogP) is 2.34. The number of H-pyrrole nitrogens is 1. The number of aromatic nitrogens is 2. The molecule has 1 aromatic carbocycles. The lowest BCUT2D eigenvalue weighted by atomic mass is 10.2. The minimum atomic E-state index is -0.155. The summed E-state index contributed by atoms with van der Waals surface area (Å²) in [6, 6.07) is 9.46. The molecular formula is C14H14ClN3O. The van der Waals surface area contributed by atoms with E-state index in [2.05, 4.69) is 15.3 Å².